The Morgan fingerprint density at radius 2 is 1.00 bits per heavy atom. The van der Waals surface area contributed by atoms with Gasteiger partial charge in [0.2, 0.25) is 0 Å². The van der Waals surface area contributed by atoms with E-state index in [0.717, 1.165) is 70.6 Å². The monoisotopic (exact) mass is 792 g/mol. The third kappa shape index (κ3) is 40.9. The fourth-order valence-electron chi connectivity index (χ4n) is 5.42. The zero-order valence-corrected chi connectivity index (χ0v) is 35.5. The van der Waals surface area contributed by atoms with Crippen LogP contribution in [-0.4, -0.2) is 49.3 Å². The van der Waals surface area contributed by atoms with Crippen molar-refractivity contribution in [2.24, 2.45) is 5.73 Å². The molecule has 3 N–H and O–H groups in total. The number of nitrogens with two attached hydrogens (primary N) is 1. The summed E-state index contributed by atoms with van der Waals surface area (Å²) in [5, 5.41) is 0. The van der Waals surface area contributed by atoms with Gasteiger partial charge in [0.25, 0.3) is 0 Å². The summed E-state index contributed by atoms with van der Waals surface area (Å²) in [4.78, 5) is 34.8. The van der Waals surface area contributed by atoms with E-state index in [2.05, 4.69) is 86.8 Å². The molecule has 0 heterocycles. The van der Waals surface area contributed by atoms with Crippen LogP contribution >= 0.6 is 7.82 Å². The van der Waals surface area contributed by atoms with Gasteiger partial charge >= 0.3 is 19.8 Å². The number of hydrogen-bond donors (Lipinski definition) is 2. The number of unbranched alkanes of at least 4 members (excludes halogenated alkanes) is 14. The fourth-order valence-corrected chi connectivity index (χ4v) is 6.18. The van der Waals surface area contributed by atoms with Crippen LogP contribution in [0.15, 0.2) is 72.9 Å². The Balaban J connectivity index is 4.23. The second-order valence-electron chi connectivity index (χ2n) is 13.8. The maximum absolute atomic E-state index is 12.6. The molecule has 10 heteroatoms. The zero-order valence-electron chi connectivity index (χ0n) is 34.6. The molecule has 0 aliphatic carbocycles. The maximum atomic E-state index is 12.6. The van der Waals surface area contributed by atoms with Gasteiger partial charge in [-0.2, -0.15) is 0 Å². The van der Waals surface area contributed by atoms with Crippen LogP contribution in [0.2, 0.25) is 0 Å². The Morgan fingerprint density at radius 1 is 0.564 bits per heavy atom. The van der Waals surface area contributed by atoms with Gasteiger partial charge in [-0.15, -0.1) is 0 Å². The molecule has 316 valence electrons. The van der Waals surface area contributed by atoms with Gasteiger partial charge in [0.05, 0.1) is 13.2 Å². The van der Waals surface area contributed by atoms with Crippen molar-refractivity contribution in [3.8, 4) is 0 Å². The molecule has 0 spiro atoms. The van der Waals surface area contributed by atoms with Crippen molar-refractivity contribution in [1.82, 2.24) is 0 Å². The SMILES string of the molecule is CC/C=C\C/C=C\C/C=C\C/C=C\CCCCC(=O)OC[C@H](COP(=O)(O)OCCN)OC(=O)CCCCCCCCCCC/C=C\C/C=C\CCCCC. The van der Waals surface area contributed by atoms with Crippen molar-refractivity contribution in [3.05, 3.63) is 72.9 Å². The largest absolute Gasteiger partial charge is 0.472 e. The number of phosphoric ester groups is 1. The van der Waals surface area contributed by atoms with Crippen LogP contribution in [-0.2, 0) is 32.7 Å². The van der Waals surface area contributed by atoms with E-state index >= 15 is 0 Å². The first-order valence-corrected chi connectivity index (χ1v) is 22.9. The van der Waals surface area contributed by atoms with E-state index in [0.29, 0.717) is 12.8 Å². The summed E-state index contributed by atoms with van der Waals surface area (Å²) >= 11 is 0. The smallest absolute Gasteiger partial charge is 0.462 e. The number of carbonyl (C=O) groups is 2. The lowest BCUT2D eigenvalue weighted by molar-refractivity contribution is -0.161. The van der Waals surface area contributed by atoms with Crippen molar-refractivity contribution in [3.63, 3.8) is 0 Å². The quantitative estimate of drug-likeness (QED) is 0.0270. The Kier molecular flexibility index (Phi) is 39.2. The lowest BCUT2D eigenvalue weighted by atomic mass is 10.1. The molecule has 55 heavy (non-hydrogen) atoms. The first-order valence-electron chi connectivity index (χ1n) is 21.4. The van der Waals surface area contributed by atoms with Crippen LogP contribution in [0, 0.1) is 0 Å². The molecule has 0 saturated carbocycles. The van der Waals surface area contributed by atoms with Gasteiger partial charge in [-0.1, -0.05) is 145 Å². The highest BCUT2D eigenvalue weighted by Crippen LogP contribution is 2.43. The molecule has 0 aromatic carbocycles. The third-order valence-corrected chi connectivity index (χ3v) is 9.56. The van der Waals surface area contributed by atoms with E-state index in [1.54, 1.807) is 0 Å². The third-order valence-electron chi connectivity index (χ3n) is 8.58. The molecule has 0 rings (SSSR count). The maximum Gasteiger partial charge on any atom is 0.472 e. The van der Waals surface area contributed by atoms with E-state index in [9.17, 15) is 19.0 Å². The second kappa shape index (κ2) is 41.1. The summed E-state index contributed by atoms with van der Waals surface area (Å²) in [5.74, 6) is -0.888. The number of rotatable bonds is 39. The summed E-state index contributed by atoms with van der Waals surface area (Å²) in [6.45, 7) is 3.53. The van der Waals surface area contributed by atoms with Gasteiger partial charge < -0.3 is 20.1 Å². The lowest BCUT2D eigenvalue weighted by Gasteiger charge is -2.19. The molecule has 0 bridgehead atoms. The Labute approximate surface area is 335 Å². The van der Waals surface area contributed by atoms with Gasteiger partial charge in [-0.05, 0) is 83.5 Å². The van der Waals surface area contributed by atoms with E-state index in [1.165, 1.54) is 57.8 Å². The van der Waals surface area contributed by atoms with Crippen molar-refractivity contribution < 1.29 is 37.6 Å². The van der Waals surface area contributed by atoms with Crippen molar-refractivity contribution >= 4 is 19.8 Å². The summed E-state index contributed by atoms with van der Waals surface area (Å²) in [6, 6.07) is 0. The molecule has 0 saturated heterocycles. The van der Waals surface area contributed by atoms with Crippen molar-refractivity contribution in [1.29, 1.82) is 0 Å². The van der Waals surface area contributed by atoms with Crippen LogP contribution in [0.1, 0.15) is 168 Å². The highest BCUT2D eigenvalue weighted by atomic mass is 31.2. The Bertz CT molecular complexity index is 1130. The minimum absolute atomic E-state index is 0.0434. The first kappa shape index (κ1) is 52.5. The van der Waals surface area contributed by atoms with Gasteiger partial charge in [-0.3, -0.25) is 18.6 Å². The molecule has 2 atom stereocenters. The highest BCUT2D eigenvalue weighted by Gasteiger charge is 2.25. The lowest BCUT2D eigenvalue weighted by Crippen LogP contribution is -2.29. The molecular formula is C45H78NO8P. The summed E-state index contributed by atoms with van der Waals surface area (Å²) in [7, 11) is -4.39. The van der Waals surface area contributed by atoms with E-state index in [-0.39, 0.29) is 32.6 Å². The van der Waals surface area contributed by atoms with Gasteiger partial charge in [-0.25, -0.2) is 4.57 Å². The van der Waals surface area contributed by atoms with Crippen molar-refractivity contribution in [2.75, 3.05) is 26.4 Å². The molecular weight excluding hydrogens is 713 g/mol. The Hall–Kier alpha value is -2.55. The number of allylic oxidation sites excluding steroid dienone is 12. The number of hydrogen-bond acceptors (Lipinski definition) is 8. The molecule has 1 unspecified atom stereocenters. The van der Waals surface area contributed by atoms with E-state index in [4.69, 9.17) is 24.3 Å². The molecule has 0 aromatic rings. The van der Waals surface area contributed by atoms with Gasteiger partial charge in [0, 0.05) is 19.4 Å². The van der Waals surface area contributed by atoms with Crippen LogP contribution in [0.3, 0.4) is 0 Å². The molecule has 0 fully saturated rings. The normalized spacial score (nSPS) is 14.0. The summed E-state index contributed by atoms with van der Waals surface area (Å²) in [6.07, 6.45) is 49.3. The average Bonchev–Trinajstić information content (AvgIpc) is 3.17. The van der Waals surface area contributed by atoms with Crippen LogP contribution < -0.4 is 5.73 Å². The molecule has 0 radical (unpaired) electrons. The highest BCUT2D eigenvalue weighted by molar-refractivity contribution is 7.47. The molecule has 0 aliphatic rings. The standard InChI is InChI=1S/C45H78NO8P/c1-3-5-7-9-11-13-15-17-19-20-21-22-24-26-28-30-32-34-36-38-45(48)54-43(42-53-55(49,50)52-40-39-46)41-51-44(47)37-35-33-31-29-27-25-23-18-16-14-12-10-8-6-4-2/h6,8,11-14,17-19,23,27,29,43H,3-5,7,9-10,15-16,20-22,24-26,28,30-42,46H2,1-2H3,(H,49,50)/b8-6-,13-11-,14-12-,19-17-,23-18-,29-27-/t43-/m1/s1. The van der Waals surface area contributed by atoms with Gasteiger partial charge in [0.1, 0.15) is 6.61 Å². The summed E-state index contributed by atoms with van der Waals surface area (Å²) in [5.41, 5.74) is 5.34. The van der Waals surface area contributed by atoms with E-state index < -0.39 is 32.5 Å². The number of esters is 2. The van der Waals surface area contributed by atoms with E-state index in [1.807, 2.05) is 0 Å². The van der Waals surface area contributed by atoms with Crippen LogP contribution in [0.4, 0.5) is 0 Å². The predicted molar refractivity (Wildman–Crippen MR) is 229 cm³/mol. The van der Waals surface area contributed by atoms with Gasteiger partial charge in [0.15, 0.2) is 6.10 Å². The molecule has 0 amide bonds. The Morgan fingerprint density at radius 3 is 1.53 bits per heavy atom. The number of carbonyl (C=O) groups excluding carboxylic acids is 2. The predicted octanol–water partition coefficient (Wildman–Crippen LogP) is 12.3. The summed E-state index contributed by atoms with van der Waals surface area (Å²) < 4.78 is 32.7. The minimum atomic E-state index is -4.39. The first-order chi connectivity index (χ1) is 26.8. The molecule has 0 aromatic heterocycles. The average molecular weight is 792 g/mol. The van der Waals surface area contributed by atoms with Crippen LogP contribution in [0.5, 0.6) is 0 Å². The zero-order chi connectivity index (χ0) is 40.3. The molecule has 9 nitrogen and oxygen atoms in total. The van der Waals surface area contributed by atoms with Crippen molar-refractivity contribution in [2.45, 2.75) is 174 Å². The molecule has 0 aliphatic heterocycles. The number of phosphoric acid groups is 1. The second-order valence-corrected chi connectivity index (χ2v) is 15.3. The van der Waals surface area contributed by atoms with Crippen LogP contribution in [0.25, 0.3) is 0 Å². The minimum Gasteiger partial charge on any atom is -0.462 e. The fraction of sp³-hybridized carbons (Fsp3) is 0.689. The topological polar surface area (TPSA) is 134 Å². The number of ether oxygens (including phenoxy) is 2.